The maximum atomic E-state index is 3.64. The fourth-order valence-electron chi connectivity index (χ4n) is 2.31. The highest BCUT2D eigenvalue weighted by Crippen LogP contribution is 2.32. The van der Waals surface area contributed by atoms with Gasteiger partial charge in [0.15, 0.2) is 0 Å². The van der Waals surface area contributed by atoms with Gasteiger partial charge >= 0.3 is 0 Å². The van der Waals surface area contributed by atoms with Gasteiger partial charge in [-0.1, -0.05) is 19.8 Å². The summed E-state index contributed by atoms with van der Waals surface area (Å²) in [7, 11) is 0. The van der Waals surface area contributed by atoms with E-state index in [2.05, 4.69) is 17.6 Å². The summed E-state index contributed by atoms with van der Waals surface area (Å²) in [6.45, 7) is 7.31. The van der Waals surface area contributed by atoms with Crippen molar-refractivity contribution < 1.29 is 0 Å². The number of hydrogen-bond acceptors (Lipinski definition) is 2. The first-order chi connectivity index (χ1) is 6.79. The van der Waals surface area contributed by atoms with E-state index in [4.69, 9.17) is 0 Å². The summed E-state index contributed by atoms with van der Waals surface area (Å²) < 4.78 is 0. The zero-order valence-electron chi connectivity index (χ0n) is 9.44. The normalized spacial score (nSPS) is 26.4. The fraction of sp³-hybridized carbons (Fsp3) is 1.00. The highest BCUT2D eigenvalue weighted by molar-refractivity contribution is 4.83. The molecule has 2 rings (SSSR count). The van der Waals surface area contributed by atoms with Crippen molar-refractivity contribution >= 4 is 0 Å². The molecule has 1 saturated heterocycles. The van der Waals surface area contributed by atoms with Gasteiger partial charge in [0.25, 0.3) is 0 Å². The molecule has 2 nitrogen and oxygen atoms in total. The quantitative estimate of drug-likeness (QED) is 0.655. The standard InChI is InChI=1S/C12H24N2/c1-12(5-8-13-9-6-12)10-14-7-4-11-2-3-11/h11,13-14H,2-10H2,1H3. The second-order valence-electron chi connectivity index (χ2n) is 5.47. The smallest absolute Gasteiger partial charge is 0.000611 e. The average Bonchev–Trinajstić information content (AvgIpc) is 2.97. The van der Waals surface area contributed by atoms with E-state index in [9.17, 15) is 0 Å². The Hall–Kier alpha value is -0.0800. The second-order valence-corrected chi connectivity index (χ2v) is 5.47. The van der Waals surface area contributed by atoms with Crippen molar-refractivity contribution in [2.45, 2.75) is 39.0 Å². The SMILES string of the molecule is CC1(CNCCC2CC2)CCNCC1. The Balaban J connectivity index is 1.57. The molecule has 0 bridgehead atoms. The van der Waals surface area contributed by atoms with Crippen molar-refractivity contribution in [3.63, 3.8) is 0 Å². The van der Waals surface area contributed by atoms with Crippen molar-refractivity contribution in [2.24, 2.45) is 11.3 Å². The molecule has 0 aromatic rings. The lowest BCUT2D eigenvalue weighted by atomic mass is 9.81. The third kappa shape index (κ3) is 3.25. The van der Waals surface area contributed by atoms with Crippen LogP contribution in [-0.2, 0) is 0 Å². The largest absolute Gasteiger partial charge is 0.317 e. The monoisotopic (exact) mass is 196 g/mol. The number of piperidine rings is 1. The molecule has 0 unspecified atom stereocenters. The number of rotatable bonds is 5. The summed E-state index contributed by atoms with van der Waals surface area (Å²) >= 11 is 0. The van der Waals surface area contributed by atoms with Crippen molar-refractivity contribution in [1.29, 1.82) is 0 Å². The predicted octanol–water partition coefficient (Wildman–Crippen LogP) is 1.77. The van der Waals surface area contributed by atoms with Crippen LogP contribution in [0.15, 0.2) is 0 Å². The molecule has 2 aliphatic rings. The highest BCUT2D eigenvalue weighted by atomic mass is 14.9. The molecule has 0 aromatic heterocycles. The van der Waals surface area contributed by atoms with Gasteiger partial charge in [-0.3, -0.25) is 0 Å². The summed E-state index contributed by atoms with van der Waals surface area (Å²) in [5, 5.41) is 7.07. The van der Waals surface area contributed by atoms with E-state index < -0.39 is 0 Å². The molecular weight excluding hydrogens is 172 g/mol. The lowest BCUT2D eigenvalue weighted by Gasteiger charge is -2.34. The molecule has 0 amide bonds. The van der Waals surface area contributed by atoms with E-state index in [1.165, 1.54) is 58.3 Å². The molecule has 2 N–H and O–H groups in total. The maximum absolute atomic E-state index is 3.64. The first-order valence-electron chi connectivity index (χ1n) is 6.20. The van der Waals surface area contributed by atoms with E-state index in [1.807, 2.05) is 0 Å². The van der Waals surface area contributed by atoms with Crippen molar-refractivity contribution in [3.8, 4) is 0 Å². The van der Waals surface area contributed by atoms with Crippen LogP contribution in [0.25, 0.3) is 0 Å². The van der Waals surface area contributed by atoms with E-state index in [-0.39, 0.29) is 0 Å². The zero-order valence-corrected chi connectivity index (χ0v) is 9.44. The van der Waals surface area contributed by atoms with Crippen LogP contribution in [0.3, 0.4) is 0 Å². The molecule has 1 saturated carbocycles. The molecule has 2 fully saturated rings. The van der Waals surface area contributed by atoms with Gasteiger partial charge in [-0.2, -0.15) is 0 Å². The Bertz CT molecular complexity index is 169. The van der Waals surface area contributed by atoms with E-state index in [0.29, 0.717) is 5.41 Å². The van der Waals surface area contributed by atoms with Crippen LogP contribution >= 0.6 is 0 Å². The topological polar surface area (TPSA) is 24.1 Å². The van der Waals surface area contributed by atoms with Crippen LogP contribution in [0.1, 0.15) is 39.0 Å². The molecule has 0 atom stereocenters. The Labute approximate surface area is 87.8 Å². The molecule has 1 heterocycles. The predicted molar refractivity (Wildman–Crippen MR) is 60.4 cm³/mol. The summed E-state index contributed by atoms with van der Waals surface area (Å²) in [5.41, 5.74) is 0.564. The van der Waals surface area contributed by atoms with Gasteiger partial charge in [-0.25, -0.2) is 0 Å². The summed E-state index contributed by atoms with van der Waals surface area (Å²) in [5.74, 6) is 1.07. The first-order valence-corrected chi connectivity index (χ1v) is 6.20. The first kappa shape index (κ1) is 10.4. The average molecular weight is 196 g/mol. The molecule has 1 aliphatic heterocycles. The van der Waals surface area contributed by atoms with Crippen LogP contribution in [-0.4, -0.2) is 26.2 Å². The number of hydrogen-bond donors (Lipinski definition) is 2. The van der Waals surface area contributed by atoms with Crippen LogP contribution < -0.4 is 10.6 Å². The molecule has 0 aromatic carbocycles. The zero-order chi connectivity index (χ0) is 9.86. The highest BCUT2D eigenvalue weighted by Gasteiger charge is 2.26. The van der Waals surface area contributed by atoms with Crippen molar-refractivity contribution in [3.05, 3.63) is 0 Å². The summed E-state index contributed by atoms with van der Waals surface area (Å²) in [4.78, 5) is 0. The van der Waals surface area contributed by atoms with E-state index in [0.717, 1.165) is 5.92 Å². The maximum Gasteiger partial charge on any atom is 0.000611 e. The van der Waals surface area contributed by atoms with Crippen molar-refractivity contribution in [2.75, 3.05) is 26.2 Å². The van der Waals surface area contributed by atoms with Crippen LogP contribution in [0.4, 0.5) is 0 Å². The molecule has 82 valence electrons. The number of nitrogens with one attached hydrogen (secondary N) is 2. The summed E-state index contributed by atoms with van der Waals surface area (Å²) in [6.07, 6.45) is 7.06. The Morgan fingerprint density at radius 2 is 2.00 bits per heavy atom. The van der Waals surface area contributed by atoms with Gasteiger partial charge in [0.05, 0.1) is 0 Å². The van der Waals surface area contributed by atoms with Gasteiger partial charge < -0.3 is 10.6 Å². The Kier molecular flexibility index (Phi) is 3.45. The lowest BCUT2D eigenvalue weighted by molar-refractivity contribution is 0.220. The molecule has 14 heavy (non-hydrogen) atoms. The van der Waals surface area contributed by atoms with Gasteiger partial charge in [0.1, 0.15) is 0 Å². The van der Waals surface area contributed by atoms with Crippen LogP contribution in [0.5, 0.6) is 0 Å². The minimum Gasteiger partial charge on any atom is -0.317 e. The van der Waals surface area contributed by atoms with E-state index >= 15 is 0 Å². The van der Waals surface area contributed by atoms with Gasteiger partial charge in [0, 0.05) is 6.54 Å². The minimum atomic E-state index is 0.564. The molecule has 0 spiro atoms. The summed E-state index contributed by atoms with van der Waals surface area (Å²) in [6, 6.07) is 0. The molecule has 0 radical (unpaired) electrons. The lowest BCUT2D eigenvalue weighted by Crippen LogP contribution is -2.41. The minimum absolute atomic E-state index is 0.564. The van der Waals surface area contributed by atoms with Crippen LogP contribution in [0.2, 0.25) is 0 Å². The van der Waals surface area contributed by atoms with Crippen LogP contribution in [0, 0.1) is 11.3 Å². The van der Waals surface area contributed by atoms with E-state index in [1.54, 1.807) is 0 Å². The van der Waals surface area contributed by atoms with Gasteiger partial charge in [-0.15, -0.1) is 0 Å². The third-order valence-corrected chi connectivity index (χ3v) is 3.79. The van der Waals surface area contributed by atoms with Crippen molar-refractivity contribution in [1.82, 2.24) is 10.6 Å². The molecule has 1 aliphatic carbocycles. The fourth-order valence-corrected chi connectivity index (χ4v) is 2.31. The Morgan fingerprint density at radius 1 is 1.29 bits per heavy atom. The van der Waals surface area contributed by atoms with Gasteiger partial charge in [-0.05, 0) is 50.2 Å². The third-order valence-electron chi connectivity index (χ3n) is 3.79. The Morgan fingerprint density at radius 3 is 2.64 bits per heavy atom. The molecule has 2 heteroatoms. The van der Waals surface area contributed by atoms with Gasteiger partial charge in [0.2, 0.25) is 0 Å². The second kappa shape index (κ2) is 4.63. The molecular formula is C12H24N2.